The van der Waals surface area contributed by atoms with E-state index in [2.05, 4.69) is 20.8 Å². The minimum Gasteiger partial charge on any atom is -0.396 e. The van der Waals surface area contributed by atoms with Gasteiger partial charge in [0.1, 0.15) is 0 Å². The molecule has 0 radical (unpaired) electrons. The Hall–Kier alpha value is -0.0800. The Bertz CT molecular complexity index is 155. The van der Waals surface area contributed by atoms with Crippen molar-refractivity contribution in [2.75, 3.05) is 6.61 Å². The van der Waals surface area contributed by atoms with Gasteiger partial charge < -0.3 is 10.8 Å². The zero-order valence-corrected chi connectivity index (χ0v) is 8.43. The summed E-state index contributed by atoms with van der Waals surface area (Å²) < 4.78 is 0. The average Bonchev–Trinajstić information content (AvgIpc) is 1.83. The number of hydrogen-bond acceptors (Lipinski definition) is 2. The second-order valence-electron chi connectivity index (χ2n) is 5.14. The highest BCUT2D eigenvalue weighted by molar-refractivity contribution is 5.02. The topological polar surface area (TPSA) is 46.2 Å². The summed E-state index contributed by atoms with van der Waals surface area (Å²) in [5, 5.41) is 8.93. The van der Waals surface area contributed by atoms with Crippen LogP contribution in [0.15, 0.2) is 0 Å². The zero-order valence-electron chi connectivity index (χ0n) is 8.43. The van der Waals surface area contributed by atoms with Gasteiger partial charge in [0.2, 0.25) is 0 Å². The van der Waals surface area contributed by atoms with Gasteiger partial charge in [-0.2, -0.15) is 0 Å². The van der Waals surface area contributed by atoms with E-state index in [9.17, 15) is 0 Å². The lowest BCUT2D eigenvalue weighted by molar-refractivity contribution is -0.0468. The van der Waals surface area contributed by atoms with Gasteiger partial charge in [0, 0.05) is 12.6 Å². The van der Waals surface area contributed by atoms with Crippen LogP contribution in [0.3, 0.4) is 0 Å². The normalized spacial score (nSPS) is 27.8. The summed E-state index contributed by atoms with van der Waals surface area (Å²) in [6, 6.07) is 0.220. The smallest absolute Gasteiger partial charge is 0.0436 e. The van der Waals surface area contributed by atoms with Crippen LogP contribution in [0.2, 0.25) is 0 Å². The van der Waals surface area contributed by atoms with Crippen LogP contribution in [-0.4, -0.2) is 17.8 Å². The molecule has 0 aromatic carbocycles. The van der Waals surface area contributed by atoms with Crippen LogP contribution in [-0.2, 0) is 0 Å². The molecule has 2 heteroatoms. The summed E-state index contributed by atoms with van der Waals surface area (Å²) in [6.07, 6.45) is 3.20. The molecule has 1 aliphatic rings. The monoisotopic (exact) mass is 171 g/mol. The summed E-state index contributed by atoms with van der Waals surface area (Å²) in [5.74, 6) is 0. The van der Waals surface area contributed by atoms with E-state index in [0.29, 0.717) is 5.41 Å². The van der Waals surface area contributed by atoms with E-state index >= 15 is 0 Å². The van der Waals surface area contributed by atoms with Crippen molar-refractivity contribution in [3.8, 4) is 0 Å². The number of aliphatic hydroxyl groups excluding tert-OH is 1. The predicted molar refractivity (Wildman–Crippen MR) is 50.8 cm³/mol. The molecule has 1 rings (SSSR count). The van der Waals surface area contributed by atoms with Crippen LogP contribution < -0.4 is 5.73 Å². The van der Waals surface area contributed by atoms with Crippen LogP contribution >= 0.6 is 0 Å². The minimum atomic E-state index is 0.220. The molecule has 0 spiro atoms. The first-order chi connectivity index (χ1) is 5.42. The number of nitrogens with two attached hydrogens (primary N) is 1. The maximum atomic E-state index is 8.93. The van der Waals surface area contributed by atoms with Crippen LogP contribution in [0.1, 0.15) is 40.0 Å². The largest absolute Gasteiger partial charge is 0.396 e. The SMILES string of the molecule is CC(N)C1(CCO)CC(C)(C)C1. The Morgan fingerprint density at radius 2 is 1.92 bits per heavy atom. The highest BCUT2D eigenvalue weighted by atomic mass is 16.3. The van der Waals surface area contributed by atoms with Crippen molar-refractivity contribution in [2.45, 2.75) is 46.1 Å². The van der Waals surface area contributed by atoms with Crippen LogP contribution in [0.5, 0.6) is 0 Å². The molecular weight excluding hydrogens is 150 g/mol. The van der Waals surface area contributed by atoms with E-state index in [0.717, 1.165) is 19.3 Å². The van der Waals surface area contributed by atoms with Crippen molar-refractivity contribution in [3.05, 3.63) is 0 Å². The zero-order chi connectivity index (χ0) is 9.41. The highest BCUT2D eigenvalue weighted by Crippen LogP contribution is 2.57. The molecule has 0 aliphatic heterocycles. The number of aliphatic hydroxyl groups is 1. The van der Waals surface area contributed by atoms with E-state index in [1.165, 1.54) is 0 Å². The molecule has 1 saturated carbocycles. The van der Waals surface area contributed by atoms with Gasteiger partial charge in [-0.25, -0.2) is 0 Å². The van der Waals surface area contributed by atoms with Gasteiger partial charge in [0.25, 0.3) is 0 Å². The van der Waals surface area contributed by atoms with Gasteiger partial charge in [-0.1, -0.05) is 13.8 Å². The second-order valence-corrected chi connectivity index (χ2v) is 5.14. The third kappa shape index (κ3) is 1.64. The fourth-order valence-electron chi connectivity index (χ4n) is 2.80. The molecule has 0 bridgehead atoms. The minimum absolute atomic E-state index is 0.220. The van der Waals surface area contributed by atoms with Crippen molar-refractivity contribution < 1.29 is 5.11 Å². The standard InChI is InChI=1S/C10H21NO/c1-8(11)10(4-5-12)6-9(2,3)7-10/h8,12H,4-7,11H2,1-3H3. The van der Waals surface area contributed by atoms with Crippen LogP contribution in [0.4, 0.5) is 0 Å². The first kappa shape index (κ1) is 10.0. The summed E-state index contributed by atoms with van der Waals surface area (Å²) in [5.41, 5.74) is 6.61. The quantitative estimate of drug-likeness (QED) is 0.676. The highest BCUT2D eigenvalue weighted by Gasteiger charge is 2.50. The Kier molecular flexibility index (Phi) is 2.50. The maximum Gasteiger partial charge on any atom is 0.0436 e. The van der Waals surface area contributed by atoms with Gasteiger partial charge in [-0.05, 0) is 37.0 Å². The molecular formula is C10H21NO. The molecule has 1 aliphatic carbocycles. The molecule has 3 N–H and O–H groups in total. The van der Waals surface area contributed by atoms with Crippen molar-refractivity contribution in [1.29, 1.82) is 0 Å². The van der Waals surface area contributed by atoms with Crippen LogP contribution in [0, 0.1) is 10.8 Å². The summed E-state index contributed by atoms with van der Waals surface area (Å²) in [6.45, 7) is 6.87. The molecule has 2 nitrogen and oxygen atoms in total. The van der Waals surface area contributed by atoms with E-state index < -0.39 is 0 Å². The van der Waals surface area contributed by atoms with Gasteiger partial charge in [-0.15, -0.1) is 0 Å². The van der Waals surface area contributed by atoms with Gasteiger partial charge in [0.15, 0.2) is 0 Å². The fourth-order valence-corrected chi connectivity index (χ4v) is 2.80. The third-order valence-corrected chi connectivity index (χ3v) is 3.24. The van der Waals surface area contributed by atoms with E-state index in [1.54, 1.807) is 0 Å². The molecule has 1 fully saturated rings. The van der Waals surface area contributed by atoms with Gasteiger partial charge >= 0.3 is 0 Å². The summed E-state index contributed by atoms with van der Waals surface area (Å²) >= 11 is 0. The predicted octanol–water partition coefficient (Wildman–Crippen LogP) is 1.52. The van der Waals surface area contributed by atoms with E-state index in [1.807, 2.05) is 0 Å². The third-order valence-electron chi connectivity index (χ3n) is 3.24. The Labute approximate surface area is 75.2 Å². The van der Waals surface area contributed by atoms with Crippen molar-refractivity contribution in [2.24, 2.45) is 16.6 Å². The van der Waals surface area contributed by atoms with Crippen molar-refractivity contribution in [3.63, 3.8) is 0 Å². The summed E-state index contributed by atoms with van der Waals surface area (Å²) in [7, 11) is 0. The number of hydrogen-bond donors (Lipinski definition) is 2. The fraction of sp³-hybridized carbons (Fsp3) is 1.00. The molecule has 0 heterocycles. The van der Waals surface area contributed by atoms with E-state index in [-0.39, 0.29) is 18.1 Å². The van der Waals surface area contributed by atoms with E-state index in [4.69, 9.17) is 10.8 Å². The number of rotatable bonds is 3. The summed E-state index contributed by atoms with van der Waals surface area (Å²) in [4.78, 5) is 0. The molecule has 0 amide bonds. The second kappa shape index (κ2) is 3.00. The molecule has 1 unspecified atom stereocenters. The molecule has 0 aromatic rings. The lowest BCUT2D eigenvalue weighted by Crippen LogP contribution is -2.53. The molecule has 0 aromatic heterocycles. The molecule has 0 saturated heterocycles. The Morgan fingerprint density at radius 3 is 2.17 bits per heavy atom. The lowest BCUT2D eigenvalue weighted by Gasteiger charge is -2.55. The van der Waals surface area contributed by atoms with Crippen molar-refractivity contribution >= 4 is 0 Å². The molecule has 72 valence electrons. The van der Waals surface area contributed by atoms with Crippen LogP contribution in [0.25, 0.3) is 0 Å². The molecule has 1 atom stereocenters. The lowest BCUT2D eigenvalue weighted by atomic mass is 9.51. The Morgan fingerprint density at radius 1 is 1.42 bits per heavy atom. The first-order valence-corrected chi connectivity index (χ1v) is 4.78. The maximum absolute atomic E-state index is 8.93. The average molecular weight is 171 g/mol. The Balaban J connectivity index is 2.56. The molecule has 12 heavy (non-hydrogen) atoms. The van der Waals surface area contributed by atoms with Crippen molar-refractivity contribution in [1.82, 2.24) is 0 Å². The van der Waals surface area contributed by atoms with Gasteiger partial charge in [-0.3, -0.25) is 0 Å². The first-order valence-electron chi connectivity index (χ1n) is 4.78. The van der Waals surface area contributed by atoms with Gasteiger partial charge in [0.05, 0.1) is 0 Å².